The SMILES string of the molecule is CCCCCCCCCCCC(=O)CSCC[C@H](N)C(=O)O.[NaH]. The third-order valence-electron chi connectivity index (χ3n) is 3.71. The summed E-state index contributed by atoms with van der Waals surface area (Å²) in [4.78, 5) is 22.2. The van der Waals surface area contributed by atoms with Crippen LogP contribution in [0.4, 0.5) is 0 Å². The van der Waals surface area contributed by atoms with Crippen LogP contribution < -0.4 is 5.73 Å². The van der Waals surface area contributed by atoms with Crippen LogP contribution in [0.15, 0.2) is 0 Å². The van der Waals surface area contributed by atoms with E-state index in [2.05, 4.69) is 6.92 Å². The van der Waals surface area contributed by atoms with E-state index in [1.807, 2.05) is 0 Å². The molecule has 0 aromatic rings. The van der Waals surface area contributed by atoms with E-state index >= 15 is 0 Å². The third kappa shape index (κ3) is 18.6. The van der Waals surface area contributed by atoms with Crippen molar-refractivity contribution in [1.82, 2.24) is 0 Å². The summed E-state index contributed by atoms with van der Waals surface area (Å²) >= 11 is 1.49. The van der Waals surface area contributed by atoms with Gasteiger partial charge in [0.15, 0.2) is 0 Å². The van der Waals surface area contributed by atoms with Crippen LogP contribution in [-0.2, 0) is 9.59 Å². The molecule has 0 fully saturated rings. The predicted octanol–water partition coefficient (Wildman–Crippen LogP) is 3.36. The number of carboxylic acid groups (broad SMARTS) is 1. The minimum absolute atomic E-state index is 0. The van der Waals surface area contributed by atoms with E-state index in [1.54, 1.807) is 0 Å². The molecule has 0 heterocycles. The van der Waals surface area contributed by atoms with Crippen LogP contribution in [-0.4, -0.2) is 64.0 Å². The van der Waals surface area contributed by atoms with E-state index < -0.39 is 12.0 Å². The van der Waals surface area contributed by atoms with E-state index in [-0.39, 0.29) is 35.3 Å². The van der Waals surface area contributed by atoms with Gasteiger partial charge in [-0.25, -0.2) is 0 Å². The number of carboxylic acids is 1. The fraction of sp³-hybridized carbons (Fsp3) is 0.882. The summed E-state index contributed by atoms with van der Waals surface area (Å²) in [7, 11) is 0. The fourth-order valence-electron chi connectivity index (χ4n) is 2.22. The molecule has 3 N–H and O–H groups in total. The number of thioether (sulfide) groups is 1. The van der Waals surface area contributed by atoms with Crippen LogP contribution in [0.3, 0.4) is 0 Å². The van der Waals surface area contributed by atoms with Gasteiger partial charge in [-0.1, -0.05) is 58.3 Å². The van der Waals surface area contributed by atoms with E-state index in [1.165, 1.54) is 56.7 Å². The number of Topliss-reactive ketones (excluding diaryl/α,β-unsaturated/α-hetero) is 1. The number of aliphatic carboxylic acids is 1. The first kappa shape index (κ1) is 25.7. The van der Waals surface area contributed by atoms with Crippen LogP contribution in [0.5, 0.6) is 0 Å². The molecule has 0 aliphatic heterocycles. The number of hydrogen-bond acceptors (Lipinski definition) is 4. The first-order chi connectivity index (χ1) is 10.6. The Labute approximate surface area is 168 Å². The summed E-state index contributed by atoms with van der Waals surface area (Å²) in [5.41, 5.74) is 5.40. The quantitative estimate of drug-likeness (QED) is 0.328. The Morgan fingerprint density at radius 1 is 1.00 bits per heavy atom. The number of ketones is 1. The Hall–Kier alpha value is 0.450. The van der Waals surface area contributed by atoms with Gasteiger partial charge < -0.3 is 10.8 Å². The van der Waals surface area contributed by atoms with Crippen LogP contribution in [0.25, 0.3) is 0 Å². The topological polar surface area (TPSA) is 80.4 Å². The normalized spacial score (nSPS) is 11.7. The predicted molar refractivity (Wildman–Crippen MR) is 102 cm³/mol. The van der Waals surface area contributed by atoms with Crippen molar-refractivity contribution in [1.29, 1.82) is 0 Å². The number of carbonyl (C=O) groups excluding carboxylic acids is 1. The minimum atomic E-state index is -0.971. The fourth-order valence-corrected chi connectivity index (χ4v) is 3.16. The van der Waals surface area contributed by atoms with Gasteiger partial charge >= 0.3 is 35.5 Å². The van der Waals surface area contributed by atoms with E-state index in [0.717, 1.165) is 12.8 Å². The molecule has 0 radical (unpaired) electrons. The molecule has 0 amide bonds. The molecule has 1 atom stereocenters. The molecular weight excluding hydrogens is 321 g/mol. The summed E-state index contributed by atoms with van der Waals surface area (Å²) < 4.78 is 0. The Balaban J connectivity index is 0. The van der Waals surface area contributed by atoms with Crippen molar-refractivity contribution in [3.8, 4) is 0 Å². The Morgan fingerprint density at radius 2 is 1.52 bits per heavy atom. The number of unbranched alkanes of at least 4 members (excludes halogenated alkanes) is 8. The zero-order valence-electron chi connectivity index (χ0n) is 14.0. The van der Waals surface area contributed by atoms with Gasteiger partial charge in [-0.15, -0.1) is 0 Å². The van der Waals surface area contributed by atoms with Crippen molar-refractivity contribution in [3.63, 3.8) is 0 Å². The molecule has 0 aromatic heterocycles. The molecule has 0 saturated heterocycles. The van der Waals surface area contributed by atoms with Crippen molar-refractivity contribution >= 4 is 53.1 Å². The van der Waals surface area contributed by atoms with Crippen LogP contribution in [0.2, 0.25) is 0 Å². The second-order valence-electron chi connectivity index (χ2n) is 5.90. The summed E-state index contributed by atoms with van der Waals surface area (Å²) in [5.74, 6) is 0.429. The molecule has 0 aromatic carbocycles. The summed E-state index contributed by atoms with van der Waals surface area (Å²) in [6, 6.07) is -0.806. The zero-order valence-corrected chi connectivity index (χ0v) is 14.8. The van der Waals surface area contributed by atoms with Gasteiger partial charge in [0.05, 0.1) is 5.75 Å². The molecule has 0 aliphatic rings. The average Bonchev–Trinajstić information content (AvgIpc) is 2.49. The van der Waals surface area contributed by atoms with Crippen molar-refractivity contribution < 1.29 is 14.7 Å². The van der Waals surface area contributed by atoms with Gasteiger partial charge in [0.2, 0.25) is 0 Å². The van der Waals surface area contributed by atoms with Gasteiger partial charge in [-0.05, 0) is 18.6 Å². The standard InChI is InChI=1S/C17H33NO3S.Na.H/c1-2-3-4-5-6-7-8-9-10-11-15(19)14-22-13-12-16(18)17(20)21;;/h16H,2-14,18H2,1H3,(H,20,21);;/t16-;;/m0../s1. The Bertz CT molecular complexity index is 304. The monoisotopic (exact) mass is 355 g/mol. The summed E-state index contributed by atoms with van der Waals surface area (Å²) in [6.07, 6.45) is 12.4. The first-order valence-corrected chi connectivity index (χ1v) is 9.81. The Morgan fingerprint density at radius 3 is 2.04 bits per heavy atom. The summed E-state index contributed by atoms with van der Waals surface area (Å²) in [6.45, 7) is 2.23. The van der Waals surface area contributed by atoms with Gasteiger partial charge in [-0.3, -0.25) is 9.59 Å². The molecule has 132 valence electrons. The average molecular weight is 356 g/mol. The first-order valence-electron chi connectivity index (χ1n) is 8.65. The molecule has 0 saturated carbocycles. The molecular formula is C17H34NNaO3S. The number of nitrogens with two attached hydrogens (primary N) is 1. The molecule has 0 spiro atoms. The van der Waals surface area contributed by atoms with E-state index in [4.69, 9.17) is 10.8 Å². The molecule has 4 nitrogen and oxygen atoms in total. The molecule has 23 heavy (non-hydrogen) atoms. The van der Waals surface area contributed by atoms with E-state index in [0.29, 0.717) is 24.3 Å². The Kier molecular flexibility index (Phi) is 21.0. The van der Waals surface area contributed by atoms with Crippen molar-refractivity contribution in [3.05, 3.63) is 0 Å². The zero-order chi connectivity index (χ0) is 16.6. The van der Waals surface area contributed by atoms with Gasteiger partial charge in [0, 0.05) is 6.42 Å². The number of hydrogen-bond donors (Lipinski definition) is 2. The number of rotatable bonds is 16. The third-order valence-corrected chi connectivity index (χ3v) is 4.76. The van der Waals surface area contributed by atoms with Crippen molar-refractivity contribution in [2.45, 2.75) is 83.6 Å². The van der Waals surface area contributed by atoms with Crippen molar-refractivity contribution in [2.24, 2.45) is 5.73 Å². The molecule has 0 aliphatic carbocycles. The summed E-state index contributed by atoms with van der Waals surface area (Å²) in [5, 5.41) is 8.64. The second-order valence-corrected chi connectivity index (χ2v) is 7.01. The molecule has 0 bridgehead atoms. The molecule has 6 heteroatoms. The maximum atomic E-state index is 11.7. The number of carbonyl (C=O) groups is 2. The second kappa shape index (κ2) is 18.8. The van der Waals surface area contributed by atoms with Gasteiger partial charge in [-0.2, -0.15) is 11.8 Å². The van der Waals surface area contributed by atoms with Crippen LogP contribution in [0, 0.1) is 0 Å². The molecule has 0 unspecified atom stereocenters. The van der Waals surface area contributed by atoms with Crippen LogP contribution in [0.1, 0.15) is 77.6 Å². The maximum absolute atomic E-state index is 11.7. The molecule has 0 rings (SSSR count). The van der Waals surface area contributed by atoms with Gasteiger partial charge in [0.1, 0.15) is 11.8 Å². The van der Waals surface area contributed by atoms with Crippen LogP contribution >= 0.6 is 11.8 Å². The van der Waals surface area contributed by atoms with Crippen molar-refractivity contribution in [2.75, 3.05) is 11.5 Å². The van der Waals surface area contributed by atoms with E-state index in [9.17, 15) is 9.59 Å². The van der Waals surface area contributed by atoms with Gasteiger partial charge in [0.25, 0.3) is 0 Å².